The number of aromatic amines is 3. The molecule has 0 aliphatic heterocycles. The molecule has 0 atom stereocenters. The number of rotatable bonds is 12. The van der Waals surface area contributed by atoms with Gasteiger partial charge in [0, 0.05) is 10.0 Å². The SMILES string of the molecule is CCCCCCCCSSc1nc2ccccc2[nH]1.[HH].[HH].[HH].c1ccc2[nH]c(SSc3nc4ccccc4[nH]3)nc2c1. The van der Waals surface area contributed by atoms with Gasteiger partial charge in [-0.25, -0.2) is 15.0 Å². The maximum absolute atomic E-state index is 4.56. The summed E-state index contributed by atoms with van der Waals surface area (Å²) in [5.74, 6) is 1.22. The van der Waals surface area contributed by atoms with Crippen LogP contribution in [-0.2, 0) is 0 Å². The van der Waals surface area contributed by atoms with Gasteiger partial charge in [0.05, 0.1) is 33.1 Å². The van der Waals surface area contributed by atoms with Crippen molar-refractivity contribution in [2.24, 2.45) is 0 Å². The Morgan fingerprint density at radius 1 is 0.538 bits per heavy atom. The van der Waals surface area contributed by atoms with Gasteiger partial charge in [0.15, 0.2) is 15.5 Å². The lowest BCUT2D eigenvalue weighted by Crippen LogP contribution is -1.81. The monoisotopic (exact) mass is 598 g/mol. The maximum Gasteiger partial charge on any atom is 0.177 e. The van der Waals surface area contributed by atoms with E-state index in [-0.39, 0.29) is 4.28 Å². The molecule has 39 heavy (non-hydrogen) atoms. The van der Waals surface area contributed by atoms with E-state index < -0.39 is 0 Å². The van der Waals surface area contributed by atoms with Crippen LogP contribution in [0.2, 0.25) is 0 Å². The molecule has 10 heteroatoms. The zero-order chi connectivity index (χ0) is 26.7. The van der Waals surface area contributed by atoms with E-state index in [1.54, 1.807) is 32.4 Å². The Labute approximate surface area is 249 Å². The van der Waals surface area contributed by atoms with E-state index in [0.29, 0.717) is 0 Å². The van der Waals surface area contributed by atoms with Gasteiger partial charge in [-0.3, -0.25) is 0 Å². The van der Waals surface area contributed by atoms with Crippen molar-refractivity contribution in [1.82, 2.24) is 29.9 Å². The molecule has 6 nitrogen and oxygen atoms in total. The number of para-hydroxylation sites is 6. The molecule has 0 saturated carbocycles. The Hall–Kier alpha value is -2.53. The summed E-state index contributed by atoms with van der Waals surface area (Å²) in [6.45, 7) is 2.26. The normalized spacial score (nSPS) is 11.3. The van der Waals surface area contributed by atoms with Crippen molar-refractivity contribution < 1.29 is 4.28 Å². The van der Waals surface area contributed by atoms with Crippen LogP contribution in [0.25, 0.3) is 33.1 Å². The molecule has 6 aromatic rings. The van der Waals surface area contributed by atoms with Crippen LogP contribution in [0, 0.1) is 0 Å². The molecule has 3 N–H and O–H groups in total. The Morgan fingerprint density at radius 2 is 0.949 bits per heavy atom. The van der Waals surface area contributed by atoms with Crippen molar-refractivity contribution in [2.75, 3.05) is 5.75 Å². The second-order valence-corrected chi connectivity index (χ2v) is 13.5. The van der Waals surface area contributed by atoms with Crippen LogP contribution >= 0.6 is 43.2 Å². The van der Waals surface area contributed by atoms with E-state index in [1.165, 1.54) is 44.3 Å². The van der Waals surface area contributed by atoms with Crippen LogP contribution in [0.4, 0.5) is 0 Å². The second kappa shape index (κ2) is 14.7. The third-order valence-electron chi connectivity index (χ3n) is 6.02. The average Bonchev–Trinajstić information content (AvgIpc) is 3.69. The van der Waals surface area contributed by atoms with Crippen molar-refractivity contribution >= 4 is 76.3 Å². The Kier molecular flexibility index (Phi) is 10.6. The molecular weight excluding hydrogens is 561 g/mol. The van der Waals surface area contributed by atoms with E-state index in [1.807, 2.05) is 77.5 Å². The zero-order valence-corrected chi connectivity index (χ0v) is 25.1. The van der Waals surface area contributed by atoms with Crippen LogP contribution in [-0.4, -0.2) is 35.7 Å². The molecular formula is C29H38N6S4. The fraction of sp³-hybridized carbons (Fsp3) is 0.276. The number of H-pyrrole nitrogens is 3. The van der Waals surface area contributed by atoms with Gasteiger partial charge in [-0.1, -0.05) is 86.2 Å². The van der Waals surface area contributed by atoms with Gasteiger partial charge >= 0.3 is 0 Å². The molecule has 0 spiro atoms. The number of aromatic nitrogens is 6. The highest BCUT2D eigenvalue weighted by Crippen LogP contribution is 2.35. The minimum absolute atomic E-state index is 0. The van der Waals surface area contributed by atoms with E-state index >= 15 is 0 Å². The minimum Gasteiger partial charge on any atom is -0.332 e. The van der Waals surface area contributed by atoms with Crippen LogP contribution in [0.3, 0.4) is 0 Å². The quantitative estimate of drug-likeness (QED) is 0.0954. The molecule has 3 aromatic heterocycles. The predicted molar refractivity (Wildman–Crippen MR) is 178 cm³/mol. The maximum atomic E-state index is 4.56. The van der Waals surface area contributed by atoms with Gasteiger partial charge in [-0.2, -0.15) is 0 Å². The molecule has 0 radical (unpaired) electrons. The van der Waals surface area contributed by atoms with Crippen LogP contribution in [0.5, 0.6) is 0 Å². The summed E-state index contributed by atoms with van der Waals surface area (Å²) in [5.41, 5.74) is 6.27. The molecule has 3 aromatic carbocycles. The third kappa shape index (κ3) is 8.23. The van der Waals surface area contributed by atoms with E-state index in [0.717, 1.165) is 48.6 Å². The minimum atomic E-state index is 0. The molecule has 0 amide bonds. The number of hydrogen-bond donors (Lipinski definition) is 3. The summed E-state index contributed by atoms with van der Waals surface area (Å²) in [6.07, 6.45) is 8.20. The first kappa shape index (κ1) is 28.0. The molecule has 0 aliphatic rings. The van der Waals surface area contributed by atoms with Gasteiger partial charge in [0.2, 0.25) is 0 Å². The molecule has 0 unspecified atom stereocenters. The second-order valence-electron chi connectivity index (χ2n) is 9.02. The molecule has 0 aliphatic carbocycles. The Balaban J connectivity index is 0.000000274. The van der Waals surface area contributed by atoms with Crippen LogP contribution < -0.4 is 0 Å². The highest BCUT2D eigenvalue weighted by Gasteiger charge is 2.07. The fourth-order valence-electron chi connectivity index (χ4n) is 4.02. The molecule has 6 rings (SSSR count). The number of unbranched alkanes of at least 4 members (excludes halogenated alkanes) is 5. The smallest absolute Gasteiger partial charge is 0.177 e. The highest BCUT2D eigenvalue weighted by atomic mass is 33.1. The predicted octanol–water partition coefficient (Wildman–Crippen LogP) is 10.6. The van der Waals surface area contributed by atoms with Gasteiger partial charge in [0.25, 0.3) is 0 Å². The van der Waals surface area contributed by atoms with Gasteiger partial charge in [0.1, 0.15) is 0 Å². The summed E-state index contributed by atoms with van der Waals surface area (Å²) in [7, 11) is 6.81. The number of hydrogen-bond acceptors (Lipinski definition) is 7. The standard InChI is InChI=1S/C15H22N2S2.C14H10N4S2.3H2/c1-2-3-4-5-6-9-12-18-19-15-16-13-10-7-8-11-14(13)17-15;1-2-6-10-9(5-1)15-13(16-10)19-20-14-17-11-7-3-4-8-12(11)18-14;;;/h7-8,10-11H,2-6,9,12H2,1H3,(H,16,17);1-8H,(H,15,16)(H,17,18);3*1H. The lowest BCUT2D eigenvalue weighted by atomic mass is 10.1. The number of imidazole rings is 3. The Morgan fingerprint density at radius 3 is 1.41 bits per heavy atom. The lowest BCUT2D eigenvalue weighted by Gasteiger charge is -1.99. The zero-order valence-electron chi connectivity index (χ0n) is 21.9. The molecule has 208 valence electrons. The summed E-state index contributed by atoms with van der Waals surface area (Å²) >= 11 is 0. The summed E-state index contributed by atoms with van der Waals surface area (Å²) < 4.78 is 0. The highest BCUT2D eigenvalue weighted by molar-refractivity contribution is 8.76. The first-order valence-corrected chi connectivity index (χ1v) is 17.7. The lowest BCUT2D eigenvalue weighted by molar-refractivity contribution is 0.627. The van der Waals surface area contributed by atoms with E-state index in [4.69, 9.17) is 0 Å². The topological polar surface area (TPSA) is 86.0 Å². The Bertz CT molecular complexity index is 1430. The average molecular weight is 599 g/mol. The van der Waals surface area contributed by atoms with Crippen molar-refractivity contribution in [1.29, 1.82) is 0 Å². The molecule has 3 heterocycles. The summed E-state index contributed by atoms with van der Waals surface area (Å²) in [5, 5.41) is 2.80. The first-order valence-electron chi connectivity index (χ1n) is 13.3. The molecule has 0 saturated heterocycles. The largest absolute Gasteiger partial charge is 0.332 e. The third-order valence-corrected chi connectivity index (χ3v) is 10.3. The number of nitrogens with one attached hydrogen (secondary N) is 3. The summed E-state index contributed by atoms with van der Waals surface area (Å²) in [4.78, 5) is 23.5. The van der Waals surface area contributed by atoms with E-state index in [2.05, 4.69) is 42.9 Å². The van der Waals surface area contributed by atoms with Crippen molar-refractivity contribution in [2.45, 2.75) is 60.9 Å². The van der Waals surface area contributed by atoms with Gasteiger partial charge in [-0.15, -0.1) is 0 Å². The number of nitrogens with zero attached hydrogens (tertiary/aromatic N) is 3. The fourth-order valence-corrected chi connectivity index (χ4v) is 7.68. The van der Waals surface area contributed by atoms with Gasteiger partial charge < -0.3 is 15.0 Å². The van der Waals surface area contributed by atoms with Gasteiger partial charge in [-0.05, 0) is 75.2 Å². The van der Waals surface area contributed by atoms with E-state index in [9.17, 15) is 0 Å². The van der Waals surface area contributed by atoms with Crippen LogP contribution in [0.15, 0.2) is 88.3 Å². The molecule has 0 bridgehead atoms. The van der Waals surface area contributed by atoms with Crippen LogP contribution in [0.1, 0.15) is 49.7 Å². The number of fused-ring (bicyclic) bond motifs is 3. The van der Waals surface area contributed by atoms with Crippen molar-refractivity contribution in [3.8, 4) is 0 Å². The first-order chi connectivity index (χ1) is 19.3. The summed E-state index contributed by atoms with van der Waals surface area (Å²) in [6, 6.07) is 24.2. The number of benzene rings is 3. The molecule has 0 fully saturated rings. The van der Waals surface area contributed by atoms with Crippen molar-refractivity contribution in [3.05, 3.63) is 72.8 Å². The van der Waals surface area contributed by atoms with Crippen molar-refractivity contribution in [3.63, 3.8) is 0 Å².